The van der Waals surface area contributed by atoms with Crippen LogP contribution in [0.4, 0.5) is 10.5 Å². The summed E-state index contributed by atoms with van der Waals surface area (Å²) in [4.78, 5) is 12.7. The summed E-state index contributed by atoms with van der Waals surface area (Å²) in [6.45, 7) is 1.15. The van der Waals surface area contributed by atoms with Gasteiger partial charge in [0, 0.05) is 5.69 Å². The second-order valence-corrected chi connectivity index (χ2v) is 2.60. The van der Waals surface area contributed by atoms with Crippen LogP contribution in [0.25, 0.3) is 0 Å². The molecule has 0 saturated carbocycles. The van der Waals surface area contributed by atoms with Gasteiger partial charge in [-0.05, 0) is 12.1 Å². The first-order valence-electron chi connectivity index (χ1n) is 3.87. The number of nitrogens with zero attached hydrogens (tertiary/aromatic N) is 1. The van der Waals surface area contributed by atoms with E-state index < -0.39 is 0 Å². The molecule has 1 aliphatic rings. The Morgan fingerprint density at radius 1 is 1.31 bits per heavy atom. The summed E-state index contributed by atoms with van der Waals surface area (Å²) >= 11 is 0. The molecule has 1 aliphatic heterocycles. The number of anilines is 1. The Kier molecular flexibility index (Phi) is 3.41. The minimum atomic E-state index is -0.249. The van der Waals surface area contributed by atoms with Crippen LogP contribution < -0.4 is 23.8 Å². The van der Waals surface area contributed by atoms with E-state index in [-0.39, 0.29) is 26.4 Å². The molecule has 1 heterocycles. The number of amides is 1. The number of rotatable bonds is 1. The van der Waals surface area contributed by atoms with Gasteiger partial charge in [0.15, 0.2) is 0 Å². The van der Waals surface area contributed by atoms with E-state index >= 15 is 0 Å². The van der Waals surface area contributed by atoms with Crippen LogP contribution in [-0.2, 0) is 4.74 Å². The maximum atomic E-state index is 11.1. The van der Waals surface area contributed by atoms with Crippen molar-refractivity contribution >= 4 is 11.8 Å². The van der Waals surface area contributed by atoms with Crippen molar-refractivity contribution in [2.75, 3.05) is 18.1 Å². The first-order valence-corrected chi connectivity index (χ1v) is 3.87. The van der Waals surface area contributed by atoms with Crippen molar-refractivity contribution < 1.29 is 29.8 Å². The molecular formula is C9H10LiNO2. The van der Waals surface area contributed by atoms with Gasteiger partial charge in [-0.15, -0.1) is 0 Å². The molecular weight excluding hydrogens is 161 g/mol. The number of carbonyl (C=O) groups is 1. The third-order valence-corrected chi connectivity index (χ3v) is 1.83. The van der Waals surface area contributed by atoms with Gasteiger partial charge in [-0.25, -0.2) is 4.79 Å². The predicted octanol–water partition coefficient (Wildman–Crippen LogP) is -1.24. The van der Waals surface area contributed by atoms with Crippen LogP contribution >= 0.6 is 0 Å². The second kappa shape index (κ2) is 4.36. The normalized spacial score (nSPS) is 15.1. The van der Waals surface area contributed by atoms with Gasteiger partial charge >= 0.3 is 25.0 Å². The molecule has 0 atom stereocenters. The minimum Gasteiger partial charge on any atom is -1.00 e. The fraction of sp³-hybridized carbons (Fsp3) is 0.222. The molecule has 0 bridgehead atoms. The summed E-state index contributed by atoms with van der Waals surface area (Å²) in [5.41, 5.74) is 0.903. The Bertz CT molecular complexity index is 294. The predicted molar refractivity (Wildman–Crippen MR) is 46.2 cm³/mol. The molecule has 0 N–H and O–H groups in total. The molecule has 0 aromatic heterocycles. The van der Waals surface area contributed by atoms with Crippen molar-refractivity contribution in [1.29, 1.82) is 0 Å². The van der Waals surface area contributed by atoms with E-state index in [0.29, 0.717) is 13.2 Å². The summed E-state index contributed by atoms with van der Waals surface area (Å²) in [6.07, 6.45) is -0.249. The fourth-order valence-corrected chi connectivity index (χ4v) is 1.24. The maximum Gasteiger partial charge on any atom is 1.00 e. The van der Waals surface area contributed by atoms with Crippen molar-refractivity contribution in [3.63, 3.8) is 0 Å². The van der Waals surface area contributed by atoms with Crippen molar-refractivity contribution in [3.8, 4) is 0 Å². The molecule has 0 spiro atoms. The number of cyclic esters (lactones) is 1. The van der Waals surface area contributed by atoms with E-state index in [1.807, 2.05) is 30.3 Å². The molecule has 4 heteroatoms. The van der Waals surface area contributed by atoms with Crippen LogP contribution in [0, 0.1) is 0 Å². The largest absolute Gasteiger partial charge is 1.00 e. The topological polar surface area (TPSA) is 29.5 Å². The Morgan fingerprint density at radius 2 is 2.00 bits per heavy atom. The van der Waals surface area contributed by atoms with Crippen LogP contribution in [0.1, 0.15) is 1.43 Å². The number of para-hydroxylation sites is 1. The van der Waals surface area contributed by atoms with E-state index in [1.165, 1.54) is 0 Å². The molecule has 1 amide bonds. The van der Waals surface area contributed by atoms with Crippen LogP contribution in [0.2, 0.25) is 0 Å². The second-order valence-electron chi connectivity index (χ2n) is 2.60. The van der Waals surface area contributed by atoms with Gasteiger partial charge in [-0.3, -0.25) is 4.90 Å². The van der Waals surface area contributed by atoms with Crippen molar-refractivity contribution in [1.82, 2.24) is 0 Å². The first kappa shape index (κ1) is 10.2. The van der Waals surface area contributed by atoms with Gasteiger partial charge in [0.2, 0.25) is 0 Å². The Hall–Kier alpha value is -0.913. The maximum absolute atomic E-state index is 11.1. The molecule has 0 radical (unpaired) electrons. The standard InChI is InChI=1S/C9H9NO2.Li.H/c11-9-10(6-7-12-9)8-4-2-1-3-5-8;;/h1-5H,6-7H2;;/q;+1;-1. The van der Waals surface area contributed by atoms with E-state index in [0.717, 1.165) is 5.69 Å². The van der Waals surface area contributed by atoms with Gasteiger partial charge < -0.3 is 6.16 Å². The zero-order chi connectivity index (χ0) is 8.39. The molecule has 1 aromatic carbocycles. The summed E-state index contributed by atoms with van der Waals surface area (Å²) < 4.78 is 4.81. The zero-order valence-electron chi connectivity index (χ0n) is 8.56. The minimum absolute atomic E-state index is 0. The van der Waals surface area contributed by atoms with Crippen LogP contribution in [0.5, 0.6) is 0 Å². The van der Waals surface area contributed by atoms with Crippen molar-refractivity contribution in [3.05, 3.63) is 30.3 Å². The third-order valence-electron chi connectivity index (χ3n) is 1.83. The van der Waals surface area contributed by atoms with Gasteiger partial charge in [0.25, 0.3) is 0 Å². The SMILES string of the molecule is O=C1OCCN1c1ccccc1.[H-].[Li+]. The van der Waals surface area contributed by atoms with Crippen molar-refractivity contribution in [2.24, 2.45) is 0 Å². The smallest absolute Gasteiger partial charge is 1.00 e. The fourth-order valence-electron chi connectivity index (χ4n) is 1.24. The van der Waals surface area contributed by atoms with Crippen LogP contribution in [-0.4, -0.2) is 19.2 Å². The quantitative estimate of drug-likeness (QED) is 0.494. The molecule has 0 aliphatic carbocycles. The molecule has 2 rings (SSSR count). The first-order chi connectivity index (χ1) is 5.88. The molecule has 3 nitrogen and oxygen atoms in total. The number of carbonyl (C=O) groups excluding carboxylic acids is 1. The zero-order valence-corrected chi connectivity index (χ0v) is 7.56. The summed E-state index contributed by atoms with van der Waals surface area (Å²) in [6, 6.07) is 9.52. The van der Waals surface area contributed by atoms with Gasteiger partial charge in [-0.2, -0.15) is 0 Å². The van der Waals surface area contributed by atoms with Crippen molar-refractivity contribution in [2.45, 2.75) is 0 Å². The molecule has 1 fully saturated rings. The number of benzene rings is 1. The molecule has 1 saturated heterocycles. The summed E-state index contributed by atoms with van der Waals surface area (Å²) in [5.74, 6) is 0. The van der Waals surface area contributed by atoms with E-state index in [4.69, 9.17) is 4.74 Å². The number of hydrogen-bond acceptors (Lipinski definition) is 2. The van der Waals surface area contributed by atoms with E-state index in [9.17, 15) is 4.79 Å². The third kappa shape index (κ3) is 2.06. The van der Waals surface area contributed by atoms with Crippen LogP contribution in [0.3, 0.4) is 0 Å². The average molecular weight is 171 g/mol. The van der Waals surface area contributed by atoms with E-state index in [1.54, 1.807) is 4.90 Å². The van der Waals surface area contributed by atoms with E-state index in [2.05, 4.69) is 0 Å². The monoisotopic (exact) mass is 171 g/mol. The molecule has 1 aromatic rings. The van der Waals surface area contributed by atoms with Gasteiger partial charge in [0.05, 0.1) is 6.54 Å². The van der Waals surface area contributed by atoms with Crippen LogP contribution in [0.15, 0.2) is 30.3 Å². The summed E-state index contributed by atoms with van der Waals surface area (Å²) in [5, 5.41) is 0. The Balaban J connectivity index is 0.000000845. The average Bonchev–Trinajstić information content (AvgIpc) is 2.53. The molecule has 64 valence electrons. The van der Waals surface area contributed by atoms with Gasteiger partial charge in [0.1, 0.15) is 6.61 Å². The molecule has 13 heavy (non-hydrogen) atoms. The Morgan fingerprint density at radius 3 is 2.54 bits per heavy atom. The van der Waals surface area contributed by atoms with Gasteiger partial charge in [-0.1, -0.05) is 18.2 Å². The Labute approximate surface area is 90.3 Å². The number of hydrogen-bond donors (Lipinski definition) is 0. The number of ether oxygens (including phenoxy) is 1. The summed E-state index contributed by atoms with van der Waals surface area (Å²) in [7, 11) is 0. The molecule has 0 unspecified atom stereocenters.